The lowest BCUT2D eigenvalue weighted by atomic mass is 9.98. The summed E-state index contributed by atoms with van der Waals surface area (Å²) in [6, 6.07) is 23.0. The number of carbonyl (C=O) groups is 1. The Kier molecular flexibility index (Phi) is 7.99. The number of hydrogen-bond donors (Lipinski definition) is 0. The van der Waals surface area contributed by atoms with Gasteiger partial charge in [-0.05, 0) is 42.2 Å². The van der Waals surface area contributed by atoms with Gasteiger partial charge in [-0.15, -0.1) is 0 Å². The van der Waals surface area contributed by atoms with Crippen LogP contribution in [-0.2, 0) is 12.7 Å². The fraction of sp³-hybridized carbons (Fsp3) is 0.345. The normalized spacial score (nSPS) is 16.7. The summed E-state index contributed by atoms with van der Waals surface area (Å²) in [6.45, 7) is 8.02. The van der Waals surface area contributed by atoms with Gasteiger partial charge in [-0.3, -0.25) is 4.90 Å². The minimum absolute atomic E-state index is 0.0567. The van der Waals surface area contributed by atoms with Crippen LogP contribution < -0.4 is 0 Å². The Balaban J connectivity index is 1.51. The van der Waals surface area contributed by atoms with Gasteiger partial charge in [-0.2, -0.15) is 13.2 Å². The molecule has 1 fully saturated rings. The SMILES string of the molecule is CCN(CC)C(=O)N1CCN(Cc2ccc(-c3ccccc3C(F)(F)F)cc2)CC1c1ccccc1. The van der Waals surface area contributed by atoms with Crippen molar-refractivity contribution in [2.24, 2.45) is 0 Å². The van der Waals surface area contributed by atoms with Crippen molar-refractivity contribution in [1.29, 1.82) is 0 Å². The molecule has 1 aliphatic rings. The maximum atomic E-state index is 13.4. The average Bonchev–Trinajstić information content (AvgIpc) is 2.90. The summed E-state index contributed by atoms with van der Waals surface area (Å²) in [6.07, 6.45) is -4.40. The number of alkyl halides is 3. The van der Waals surface area contributed by atoms with Gasteiger partial charge in [0.2, 0.25) is 0 Å². The van der Waals surface area contributed by atoms with E-state index in [1.54, 1.807) is 18.2 Å². The number of nitrogens with zero attached hydrogens (tertiary/aromatic N) is 3. The van der Waals surface area contributed by atoms with Crippen LogP contribution >= 0.6 is 0 Å². The van der Waals surface area contributed by atoms with Crippen molar-refractivity contribution in [3.8, 4) is 11.1 Å². The monoisotopic (exact) mass is 495 g/mol. The van der Waals surface area contributed by atoms with Gasteiger partial charge in [-0.25, -0.2) is 4.79 Å². The first-order valence-electron chi connectivity index (χ1n) is 12.4. The Hall–Kier alpha value is -3.32. The van der Waals surface area contributed by atoms with E-state index in [1.807, 2.05) is 54.0 Å². The summed E-state index contributed by atoms with van der Waals surface area (Å²) in [7, 11) is 0. The van der Waals surface area contributed by atoms with E-state index in [0.29, 0.717) is 38.3 Å². The molecule has 36 heavy (non-hydrogen) atoms. The third-order valence-corrected chi connectivity index (χ3v) is 6.83. The second-order valence-corrected chi connectivity index (χ2v) is 9.05. The van der Waals surface area contributed by atoms with Gasteiger partial charge in [0.05, 0.1) is 11.6 Å². The molecule has 190 valence electrons. The van der Waals surface area contributed by atoms with Crippen LogP contribution in [0.5, 0.6) is 0 Å². The Morgan fingerprint density at radius 1 is 0.889 bits per heavy atom. The van der Waals surface area contributed by atoms with E-state index in [0.717, 1.165) is 23.7 Å². The predicted octanol–water partition coefficient (Wildman–Crippen LogP) is 6.69. The van der Waals surface area contributed by atoms with Crippen molar-refractivity contribution in [2.75, 3.05) is 32.7 Å². The van der Waals surface area contributed by atoms with E-state index in [1.165, 1.54) is 12.1 Å². The Labute approximate surface area is 210 Å². The molecule has 7 heteroatoms. The lowest BCUT2D eigenvalue weighted by Gasteiger charge is -2.43. The van der Waals surface area contributed by atoms with E-state index in [2.05, 4.69) is 17.0 Å². The second kappa shape index (κ2) is 11.2. The van der Waals surface area contributed by atoms with E-state index in [-0.39, 0.29) is 17.6 Å². The number of urea groups is 1. The molecule has 0 radical (unpaired) electrons. The molecule has 1 unspecified atom stereocenters. The highest BCUT2D eigenvalue weighted by Crippen LogP contribution is 2.37. The molecule has 1 aliphatic heterocycles. The molecule has 0 saturated carbocycles. The molecule has 1 atom stereocenters. The van der Waals surface area contributed by atoms with Crippen molar-refractivity contribution in [2.45, 2.75) is 32.6 Å². The van der Waals surface area contributed by atoms with E-state index in [4.69, 9.17) is 0 Å². The highest BCUT2D eigenvalue weighted by atomic mass is 19.4. The molecule has 0 spiro atoms. The molecule has 0 aliphatic carbocycles. The fourth-order valence-electron chi connectivity index (χ4n) is 4.88. The van der Waals surface area contributed by atoms with Crippen molar-refractivity contribution in [3.05, 3.63) is 95.6 Å². The lowest BCUT2D eigenvalue weighted by Crippen LogP contribution is -2.54. The van der Waals surface area contributed by atoms with Gasteiger partial charge in [0.1, 0.15) is 0 Å². The molecule has 0 N–H and O–H groups in total. The van der Waals surface area contributed by atoms with Crippen LogP contribution in [0.1, 0.15) is 36.6 Å². The Morgan fingerprint density at radius 3 is 2.17 bits per heavy atom. The van der Waals surface area contributed by atoms with Crippen LogP contribution in [-0.4, -0.2) is 53.5 Å². The van der Waals surface area contributed by atoms with Gasteiger partial charge >= 0.3 is 12.2 Å². The number of halogens is 3. The molecule has 1 saturated heterocycles. The number of piperazine rings is 1. The van der Waals surface area contributed by atoms with E-state index >= 15 is 0 Å². The lowest BCUT2D eigenvalue weighted by molar-refractivity contribution is -0.137. The first kappa shape index (κ1) is 25.8. The number of amides is 2. The Bertz CT molecular complexity index is 1140. The summed E-state index contributed by atoms with van der Waals surface area (Å²) in [5, 5.41) is 0. The van der Waals surface area contributed by atoms with Gasteiger partial charge in [0.15, 0.2) is 0 Å². The zero-order valence-electron chi connectivity index (χ0n) is 20.7. The maximum Gasteiger partial charge on any atom is 0.417 e. The highest BCUT2D eigenvalue weighted by molar-refractivity contribution is 5.75. The van der Waals surface area contributed by atoms with Crippen molar-refractivity contribution in [1.82, 2.24) is 14.7 Å². The van der Waals surface area contributed by atoms with Gasteiger partial charge in [0.25, 0.3) is 0 Å². The molecule has 4 rings (SSSR count). The molecule has 3 aromatic carbocycles. The van der Waals surface area contributed by atoms with Crippen LogP contribution in [0.15, 0.2) is 78.9 Å². The van der Waals surface area contributed by atoms with Crippen LogP contribution in [0.25, 0.3) is 11.1 Å². The molecule has 0 bridgehead atoms. The molecule has 2 amide bonds. The first-order chi connectivity index (χ1) is 17.3. The van der Waals surface area contributed by atoms with E-state index < -0.39 is 11.7 Å². The summed E-state index contributed by atoms with van der Waals surface area (Å²) in [5.74, 6) is 0. The van der Waals surface area contributed by atoms with Crippen LogP contribution in [0.3, 0.4) is 0 Å². The van der Waals surface area contributed by atoms with Crippen molar-refractivity contribution in [3.63, 3.8) is 0 Å². The second-order valence-electron chi connectivity index (χ2n) is 9.05. The number of benzene rings is 3. The largest absolute Gasteiger partial charge is 0.417 e. The highest BCUT2D eigenvalue weighted by Gasteiger charge is 2.34. The molecule has 3 aromatic rings. The number of hydrogen-bond acceptors (Lipinski definition) is 2. The minimum Gasteiger partial charge on any atom is -0.325 e. The van der Waals surface area contributed by atoms with E-state index in [9.17, 15) is 18.0 Å². The molecular formula is C29H32F3N3O. The summed E-state index contributed by atoms with van der Waals surface area (Å²) in [5.41, 5.74) is 2.23. The van der Waals surface area contributed by atoms with Crippen LogP contribution in [0.4, 0.5) is 18.0 Å². The topological polar surface area (TPSA) is 26.8 Å². The third-order valence-electron chi connectivity index (χ3n) is 6.83. The van der Waals surface area contributed by atoms with Crippen LogP contribution in [0.2, 0.25) is 0 Å². The molecule has 1 heterocycles. The van der Waals surface area contributed by atoms with Gasteiger partial charge < -0.3 is 9.80 Å². The molecular weight excluding hydrogens is 463 g/mol. The van der Waals surface area contributed by atoms with Crippen molar-refractivity contribution >= 4 is 6.03 Å². The zero-order valence-corrected chi connectivity index (χ0v) is 20.7. The predicted molar refractivity (Wildman–Crippen MR) is 136 cm³/mol. The van der Waals surface area contributed by atoms with Crippen molar-refractivity contribution < 1.29 is 18.0 Å². The quantitative estimate of drug-likeness (QED) is 0.381. The summed E-state index contributed by atoms with van der Waals surface area (Å²) >= 11 is 0. The Morgan fingerprint density at radius 2 is 1.53 bits per heavy atom. The summed E-state index contributed by atoms with van der Waals surface area (Å²) in [4.78, 5) is 19.4. The number of rotatable bonds is 6. The standard InChI is InChI=1S/C29H32F3N3O/c1-3-34(4-2)28(36)35-19-18-33(21-27(35)24-10-6-5-7-11-24)20-22-14-16-23(17-15-22)25-12-8-9-13-26(25)29(30,31)32/h5-17,27H,3-4,18-21H2,1-2H3. The molecule has 0 aromatic heterocycles. The minimum atomic E-state index is -4.40. The zero-order chi connectivity index (χ0) is 25.7. The average molecular weight is 496 g/mol. The smallest absolute Gasteiger partial charge is 0.325 e. The summed E-state index contributed by atoms with van der Waals surface area (Å²) < 4.78 is 40.3. The number of carbonyl (C=O) groups excluding carboxylic acids is 1. The van der Waals surface area contributed by atoms with Gasteiger partial charge in [-0.1, -0.05) is 72.8 Å². The maximum absolute atomic E-state index is 13.4. The molecule has 4 nitrogen and oxygen atoms in total. The fourth-order valence-corrected chi connectivity index (χ4v) is 4.88. The van der Waals surface area contributed by atoms with Gasteiger partial charge in [0, 0.05) is 39.3 Å². The third kappa shape index (κ3) is 5.73. The van der Waals surface area contributed by atoms with Crippen LogP contribution in [0, 0.1) is 0 Å². The first-order valence-corrected chi connectivity index (χ1v) is 12.4.